The van der Waals surface area contributed by atoms with Gasteiger partial charge in [0.25, 0.3) is 0 Å². The topological polar surface area (TPSA) is 70.8 Å². The molecule has 2 heterocycles. The van der Waals surface area contributed by atoms with E-state index in [-0.39, 0.29) is 5.97 Å². The van der Waals surface area contributed by atoms with Gasteiger partial charge in [0, 0.05) is 24.0 Å². The van der Waals surface area contributed by atoms with Crippen LogP contribution in [0.2, 0.25) is 0 Å². The van der Waals surface area contributed by atoms with Crippen LogP contribution in [0.25, 0.3) is 11.5 Å². The first kappa shape index (κ1) is 21.1. The highest BCUT2D eigenvalue weighted by atomic mass is 32.1. The Bertz CT molecular complexity index is 902. The molecule has 0 aliphatic carbocycles. The molecule has 1 atom stereocenters. The van der Waals surface area contributed by atoms with E-state index < -0.39 is 6.10 Å². The molecule has 0 aliphatic rings. The molecule has 0 unspecified atom stereocenters. The van der Waals surface area contributed by atoms with Crippen LogP contribution >= 0.6 is 11.3 Å². The molecule has 0 bridgehead atoms. The lowest BCUT2D eigenvalue weighted by Gasteiger charge is -2.15. The van der Waals surface area contributed by atoms with E-state index in [9.17, 15) is 4.79 Å². The van der Waals surface area contributed by atoms with Crippen molar-refractivity contribution in [3.05, 3.63) is 58.1 Å². The van der Waals surface area contributed by atoms with Crippen LogP contribution in [0.15, 0.2) is 45.5 Å². The van der Waals surface area contributed by atoms with E-state index in [1.54, 1.807) is 18.3 Å². The van der Waals surface area contributed by atoms with Crippen molar-refractivity contribution in [1.29, 1.82) is 0 Å². The predicted molar refractivity (Wildman–Crippen MR) is 111 cm³/mol. The third-order valence-corrected chi connectivity index (χ3v) is 4.98. The van der Waals surface area contributed by atoms with Crippen molar-refractivity contribution in [3.8, 4) is 17.2 Å². The number of aryl methyl sites for hydroxylation is 1. The van der Waals surface area contributed by atoms with Crippen LogP contribution < -0.4 is 4.74 Å². The predicted octanol–water partition coefficient (Wildman–Crippen LogP) is 4.80. The molecule has 0 amide bonds. The van der Waals surface area contributed by atoms with Gasteiger partial charge in [0.15, 0.2) is 6.10 Å². The molecule has 3 rings (SSSR count). The number of ether oxygens (including phenoxy) is 3. The number of benzene rings is 1. The number of oxazole rings is 1. The highest BCUT2D eigenvalue weighted by molar-refractivity contribution is 7.08. The number of carbonyl (C=O) groups is 1. The maximum Gasteiger partial charge on any atom is 0.335 e. The van der Waals surface area contributed by atoms with Gasteiger partial charge in [-0.15, -0.1) is 0 Å². The molecule has 0 N–H and O–H groups in total. The van der Waals surface area contributed by atoms with E-state index in [1.807, 2.05) is 54.9 Å². The van der Waals surface area contributed by atoms with Gasteiger partial charge < -0.3 is 18.6 Å². The maximum atomic E-state index is 12.0. The molecular weight excluding hydrogens is 390 g/mol. The fourth-order valence-corrected chi connectivity index (χ4v) is 3.44. The smallest absolute Gasteiger partial charge is 0.335 e. The van der Waals surface area contributed by atoms with E-state index in [0.717, 1.165) is 28.3 Å². The van der Waals surface area contributed by atoms with E-state index in [2.05, 4.69) is 4.98 Å². The standard InChI is InChI=1S/C22H25NO5S/c1-4-25-20(22(24)26-5-2)12-16-6-8-18(9-7-16)27-13-19-15(3)28-21(23-19)17-10-11-29-14-17/h6-11,14,20H,4-5,12-13H2,1-3H3/t20-/m0/s1. The Hall–Kier alpha value is -2.64. The summed E-state index contributed by atoms with van der Waals surface area (Å²) >= 11 is 1.60. The Morgan fingerprint density at radius 2 is 1.97 bits per heavy atom. The van der Waals surface area contributed by atoms with Crippen molar-refractivity contribution in [2.75, 3.05) is 13.2 Å². The lowest BCUT2D eigenvalue weighted by atomic mass is 10.1. The summed E-state index contributed by atoms with van der Waals surface area (Å²) in [5.41, 5.74) is 2.72. The minimum atomic E-state index is -0.597. The van der Waals surface area contributed by atoms with Crippen molar-refractivity contribution >= 4 is 17.3 Å². The van der Waals surface area contributed by atoms with E-state index >= 15 is 0 Å². The number of rotatable bonds is 10. The minimum Gasteiger partial charge on any atom is -0.487 e. The highest BCUT2D eigenvalue weighted by Crippen LogP contribution is 2.25. The van der Waals surface area contributed by atoms with Gasteiger partial charge in [0.05, 0.1) is 6.61 Å². The Morgan fingerprint density at radius 1 is 1.17 bits per heavy atom. The second-order valence-corrected chi connectivity index (χ2v) is 7.15. The summed E-state index contributed by atoms with van der Waals surface area (Å²) < 4.78 is 22.2. The van der Waals surface area contributed by atoms with Gasteiger partial charge in [0.2, 0.25) is 5.89 Å². The first-order chi connectivity index (χ1) is 14.1. The van der Waals surface area contributed by atoms with Crippen LogP contribution in [0.4, 0.5) is 0 Å². The van der Waals surface area contributed by atoms with Crippen LogP contribution in [0.1, 0.15) is 30.9 Å². The average molecular weight is 416 g/mol. The highest BCUT2D eigenvalue weighted by Gasteiger charge is 2.20. The van der Waals surface area contributed by atoms with E-state index in [1.165, 1.54) is 0 Å². The molecule has 29 heavy (non-hydrogen) atoms. The van der Waals surface area contributed by atoms with Gasteiger partial charge in [-0.3, -0.25) is 0 Å². The zero-order chi connectivity index (χ0) is 20.6. The molecule has 6 nitrogen and oxygen atoms in total. The molecule has 0 saturated carbocycles. The summed E-state index contributed by atoms with van der Waals surface area (Å²) in [4.78, 5) is 16.5. The maximum absolute atomic E-state index is 12.0. The summed E-state index contributed by atoms with van der Waals surface area (Å²) in [5, 5.41) is 3.99. The minimum absolute atomic E-state index is 0.323. The van der Waals surface area contributed by atoms with Crippen molar-refractivity contribution in [2.45, 2.75) is 39.9 Å². The van der Waals surface area contributed by atoms with Gasteiger partial charge in [-0.1, -0.05) is 12.1 Å². The van der Waals surface area contributed by atoms with E-state index in [0.29, 0.717) is 32.1 Å². The van der Waals surface area contributed by atoms with Crippen LogP contribution in [0, 0.1) is 6.92 Å². The number of carbonyl (C=O) groups excluding carboxylic acids is 1. The molecule has 0 fully saturated rings. The van der Waals surface area contributed by atoms with Crippen molar-refractivity contribution in [3.63, 3.8) is 0 Å². The fourth-order valence-electron chi connectivity index (χ4n) is 2.81. The van der Waals surface area contributed by atoms with Crippen LogP contribution in [0.3, 0.4) is 0 Å². The van der Waals surface area contributed by atoms with Crippen molar-refractivity contribution < 1.29 is 23.4 Å². The van der Waals surface area contributed by atoms with Gasteiger partial charge in [-0.05, 0) is 49.9 Å². The van der Waals surface area contributed by atoms with Crippen LogP contribution in [-0.2, 0) is 27.3 Å². The number of aromatic nitrogens is 1. The van der Waals surface area contributed by atoms with Gasteiger partial charge >= 0.3 is 5.97 Å². The zero-order valence-electron chi connectivity index (χ0n) is 16.8. The number of nitrogens with zero attached hydrogens (tertiary/aromatic N) is 1. The summed E-state index contributed by atoms with van der Waals surface area (Å²) in [6.07, 6.45) is -0.140. The van der Waals surface area contributed by atoms with Crippen LogP contribution in [0.5, 0.6) is 5.75 Å². The molecule has 0 radical (unpaired) electrons. The third kappa shape index (κ3) is 5.68. The van der Waals surface area contributed by atoms with Gasteiger partial charge in [-0.2, -0.15) is 11.3 Å². The second kappa shape index (κ2) is 10.2. The van der Waals surface area contributed by atoms with Crippen molar-refractivity contribution in [1.82, 2.24) is 4.98 Å². The SMILES string of the molecule is CCOC(=O)[C@H](Cc1ccc(OCc2nc(-c3ccsc3)oc2C)cc1)OCC. The number of thiophene rings is 1. The molecule has 1 aromatic carbocycles. The average Bonchev–Trinajstić information content (AvgIpc) is 3.37. The largest absolute Gasteiger partial charge is 0.487 e. The first-order valence-electron chi connectivity index (χ1n) is 9.59. The van der Waals surface area contributed by atoms with Gasteiger partial charge in [-0.25, -0.2) is 9.78 Å². The Balaban J connectivity index is 1.58. The molecule has 2 aromatic heterocycles. The summed E-state index contributed by atoms with van der Waals surface area (Å²) in [5.74, 6) is 1.74. The zero-order valence-corrected chi connectivity index (χ0v) is 17.7. The molecule has 154 valence electrons. The normalized spacial score (nSPS) is 12.0. The Kier molecular flexibility index (Phi) is 7.43. The molecule has 0 aliphatic heterocycles. The Morgan fingerprint density at radius 3 is 2.62 bits per heavy atom. The second-order valence-electron chi connectivity index (χ2n) is 6.37. The van der Waals surface area contributed by atoms with Gasteiger partial charge in [0.1, 0.15) is 23.8 Å². The lowest BCUT2D eigenvalue weighted by molar-refractivity contribution is -0.156. The molecule has 0 saturated heterocycles. The molecular formula is C22H25NO5S. The lowest BCUT2D eigenvalue weighted by Crippen LogP contribution is -2.28. The third-order valence-electron chi connectivity index (χ3n) is 4.30. The molecule has 7 heteroatoms. The van der Waals surface area contributed by atoms with Crippen LogP contribution in [-0.4, -0.2) is 30.3 Å². The molecule has 0 spiro atoms. The van der Waals surface area contributed by atoms with Crippen molar-refractivity contribution in [2.24, 2.45) is 0 Å². The number of esters is 1. The van der Waals surface area contributed by atoms with E-state index in [4.69, 9.17) is 18.6 Å². The molecule has 3 aromatic rings. The fraction of sp³-hybridized carbons (Fsp3) is 0.364. The number of hydrogen-bond acceptors (Lipinski definition) is 7. The summed E-state index contributed by atoms with van der Waals surface area (Å²) in [6, 6.07) is 9.57. The summed E-state index contributed by atoms with van der Waals surface area (Å²) in [7, 11) is 0. The monoisotopic (exact) mass is 415 g/mol. The quantitative estimate of drug-likeness (QED) is 0.443. The summed E-state index contributed by atoms with van der Waals surface area (Å²) in [6.45, 7) is 6.64. The number of hydrogen-bond donors (Lipinski definition) is 0. The Labute approximate surface area is 174 Å². The first-order valence-corrected chi connectivity index (χ1v) is 10.5.